The molecule has 1 aromatic carbocycles. The summed E-state index contributed by atoms with van der Waals surface area (Å²) in [7, 11) is 0. The summed E-state index contributed by atoms with van der Waals surface area (Å²) in [6.07, 6.45) is 2.71. The number of hydrogen-bond acceptors (Lipinski definition) is 3. The van der Waals surface area contributed by atoms with Gasteiger partial charge in [-0.15, -0.1) is 0 Å². The third-order valence-corrected chi connectivity index (χ3v) is 2.35. The molecule has 96 valence electrons. The fraction of sp³-hybridized carbons (Fsp3) is 0.167. The molecular formula is C12H12ClNO4. The second-order valence-corrected chi connectivity index (χ2v) is 3.90. The highest BCUT2D eigenvalue weighted by atomic mass is 35.5. The Morgan fingerprint density at radius 1 is 1.33 bits per heavy atom. The van der Waals surface area contributed by atoms with Crippen LogP contribution in [0.2, 0.25) is 5.02 Å². The number of amides is 1. The molecule has 5 nitrogen and oxygen atoms in total. The lowest BCUT2D eigenvalue weighted by atomic mass is 10.2. The van der Waals surface area contributed by atoms with E-state index in [9.17, 15) is 9.59 Å². The molecule has 0 aromatic heterocycles. The molecule has 0 radical (unpaired) electrons. The quantitative estimate of drug-likeness (QED) is 0.694. The number of carboxylic acids is 1. The van der Waals surface area contributed by atoms with Crippen molar-refractivity contribution in [2.24, 2.45) is 0 Å². The maximum absolute atomic E-state index is 11.4. The van der Waals surface area contributed by atoms with E-state index in [-0.39, 0.29) is 0 Å². The van der Waals surface area contributed by atoms with Crippen LogP contribution in [0.15, 0.2) is 30.3 Å². The number of hydrogen-bond donors (Lipinski definition) is 3. The Kier molecular flexibility index (Phi) is 5.35. The molecule has 3 N–H and O–H groups in total. The number of rotatable bonds is 5. The van der Waals surface area contributed by atoms with Gasteiger partial charge in [0.15, 0.2) is 6.04 Å². The van der Waals surface area contributed by atoms with Gasteiger partial charge in [0.25, 0.3) is 0 Å². The van der Waals surface area contributed by atoms with Crippen LogP contribution in [0.4, 0.5) is 0 Å². The van der Waals surface area contributed by atoms with E-state index in [1.54, 1.807) is 24.3 Å². The minimum atomic E-state index is -1.30. The number of aliphatic carboxylic acids is 1. The van der Waals surface area contributed by atoms with Gasteiger partial charge in [-0.05, 0) is 23.8 Å². The van der Waals surface area contributed by atoms with Crippen molar-refractivity contribution in [3.8, 4) is 0 Å². The van der Waals surface area contributed by atoms with Crippen molar-refractivity contribution in [2.45, 2.75) is 6.04 Å². The van der Waals surface area contributed by atoms with Crippen LogP contribution in [-0.2, 0) is 9.59 Å². The first-order chi connectivity index (χ1) is 8.52. The van der Waals surface area contributed by atoms with Gasteiger partial charge in [-0.1, -0.05) is 23.7 Å². The van der Waals surface area contributed by atoms with E-state index < -0.39 is 24.5 Å². The number of benzene rings is 1. The minimum Gasteiger partial charge on any atom is -0.480 e. The lowest BCUT2D eigenvalue weighted by molar-refractivity contribution is -0.142. The molecule has 1 rings (SSSR count). The van der Waals surface area contributed by atoms with E-state index in [0.717, 1.165) is 5.56 Å². The molecule has 0 aliphatic rings. The van der Waals surface area contributed by atoms with Gasteiger partial charge in [0.05, 0.1) is 6.61 Å². The standard InChI is InChI=1S/C12H12ClNO4/c13-9-4-1-8(2-5-9)3-6-11(16)14-10(7-15)12(17)18/h1-6,10,15H,7H2,(H,14,16)(H,17,18)/b6-3+/t10-/m1/s1. The first kappa shape index (κ1) is 14.2. The predicted molar refractivity (Wildman–Crippen MR) is 67.1 cm³/mol. The SMILES string of the molecule is O=C(/C=C/c1ccc(Cl)cc1)N[C@H](CO)C(=O)O. The van der Waals surface area contributed by atoms with Gasteiger partial charge < -0.3 is 15.5 Å². The normalized spacial score (nSPS) is 12.3. The zero-order valence-electron chi connectivity index (χ0n) is 9.34. The Morgan fingerprint density at radius 3 is 2.44 bits per heavy atom. The van der Waals surface area contributed by atoms with Crippen LogP contribution in [0.1, 0.15) is 5.56 Å². The van der Waals surface area contributed by atoms with E-state index in [0.29, 0.717) is 5.02 Å². The maximum Gasteiger partial charge on any atom is 0.328 e. The minimum absolute atomic E-state index is 0.586. The highest BCUT2D eigenvalue weighted by molar-refractivity contribution is 6.30. The van der Waals surface area contributed by atoms with Crippen LogP contribution >= 0.6 is 11.6 Å². The van der Waals surface area contributed by atoms with Gasteiger partial charge in [0.1, 0.15) is 0 Å². The zero-order chi connectivity index (χ0) is 13.5. The van der Waals surface area contributed by atoms with Crippen molar-refractivity contribution >= 4 is 29.6 Å². The van der Waals surface area contributed by atoms with Crippen molar-refractivity contribution < 1.29 is 19.8 Å². The number of carbonyl (C=O) groups excluding carboxylic acids is 1. The van der Waals surface area contributed by atoms with E-state index >= 15 is 0 Å². The second-order valence-electron chi connectivity index (χ2n) is 3.47. The van der Waals surface area contributed by atoms with Crippen LogP contribution in [0, 0.1) is 0 Å². The van der Waals surface area contributed by atoms with Crippen LogP contribution in [0.3, 0.4) is 0 Å². The Labute approximate surface area is 109 Å². The highest BCUT2D eigenvalue weighted by Crippen LogP contribution is 2.10. The fourth-order valence-electron chi connectivity index (χ4n) is 1.15. The third kappa shape index (κ3) is 4.57. The van der Waals surface area contributed by atoms with Gasteiger partial charge in [-0.3, -0.25) is 4.79 Å². The van der Waals surface area contributed by atoms with Crippen molar-refractivity contribution in [2.75, 3.05) is 6.61 Å². The number of carboxylic acid groups (broad SMARTS) is 1. The summed E-state index contributed by atoms with van der Waals surface area (Å²) < 4.78 is 0. The summed E-state index contributed by atoms with van der Waals surface area (Å²) >= 11 is 5.70. The lowest BCUT2D eigenvalue weighted by Gasteiger charge is -2.09. The van der Waals surface area contributed by atoms with Gasteiger partial charge >= 0.3 is 5.97 Å². The largest absolute Gasteiger partial charge is 0.480 e. The van der Waals surface area contributed by atoms with Crippen molar-refractivity contribution in [1.82, 2.24) is 5.32 Å². The Hall–Kier alpha value is -1.85. The van der Waals surface area contributed by atoms with Crippen LogP contribution < -0.4 is 5.32 Å². The lowest BCUT2D eigenvalue weighted by Crippen LogP contribution is -2.42. The topological polar surface area (TPSA) is 86.6 Å². The smallest absolute Gasteiger partial charge is 0.328 e. The Balaban J connectivity index is 2.59. The molecule has 6 heteroatoms. The average molecular weight is 270 g/mol. The number of aliphatic hydroxyl groups is 1. The molecule has 0 aliphatic heterocycles. The predicted octanol–water partition coefficient (Wildman–Crippen LogP) is 0.915. The first-order valence-electron chi connectivity index (χ1n) is 5.10. The van der Waals surface area contributed by atoms with Gasteiger partial charge in [0, 0.05) is 11.1 Å². The molecule has 1 aromatic rings. The summed E-state index contributed by atoms with van der Waals surface area (Å²) in [5.41, 5.74) is 0.755. The van der Waals surface area contributed by atoms with Crippen LogP contribution in [0.5, 0.6) is 0 Å². The van der Waals surface area contributed by atoms with E-state index in [4.69, 9.17) is 21.8 Å². The molecule has 0 unspecified atom stereocenters. The van der Waals surface area contributed by atoms with Gasteiger partial charge in [0.2, 0.25) is 5.91 Å². The van der Waals surface area contributed by atoms with Crippen LogP contribution in [-0.4, -0.2) is 34.7 Å². The molecule has 1 atom stereocenters. The highest BCUT2D eigenvalue weighted by Gasteiger charge is 2.16. The molecule has 18 heavy (non-hydrogen) atoms. The fourth-order valence-corrected chi connectivity index (χ4v) is 1.28. The third-order valence-electron chi connectivity index (χ3n) is 2.09. The number of nitrogens with one attached hydrogen (secondary N) is 1. The summed E-state index contributed by atoms with van der Waals surface area (Å²) in [5, 5.41) is 20.1. The zero-order valence-corrected chi connectivity index (χ0v) is 10.1. The van der Waals surface area contributed by atoms with E-state index in [2.05, 4.69) is 5.32 Å². The first-order valence-corrected chi connectivity index (χ1v) is 5.48. The van der Waals surface area contributed by atoms with Crippen molar-refractivity contribution in [3.63, 3.8) is 0 Å². The monoisotopic (exact) mass is 269 g/mol. The number of aliphatic hydroxyl groups excluding tert-OH is 1. The Bertz CT molecular complexity index is 456. The van der Waals surface area contributed by atoms with E-state index in [1.807, 2.05) is 0 Å². The van der Waals surface area contributed by atoms with Crippen molar-refractivity contribution in [1.29, 1.82) is 0 Å². The van der Waals surface area contributed by atoms with E-state index in [1.165, 1.54) is 12.2 Å². The molecule has 0 saturated carbocycles. The Morgan fingerprint density at radius 2 is 1.94 bits per heavy atom. The summed E-state index contributed by atoms with van der Waals surface area (Å²) in [6.45, 7) is -0.657. The second kappa shape index (κ2) is 6.78. The number of halogens is 1. The molecule has 0 saturated heterocycles. The maximum atomic E-state index is 11.4. The molecule has 0 spiro atoms. The molecule has 0 heterocycles. The molecule has 0 aliphatic carbocycles. The van der Waals surface area contributed by atoms with Gasteiger partial charge in [-0.25, -0.2) is 4.79 Å². The van der Waals surface area contributed by atoms with Crippen molar-refractivity contribution in [3.05, 3.63) is 40.9 Å². The van der Waals surface area contributed by atoms with Crippen LogP contribution in [0.25, 0.3) is 6.08 Å². The summed E-state index contributed by atoms with van der Waals surface area (Å²) in [4.78, 5) is 21.9. The van der Waals surface area contributed by atoms with Gasteiger partial charge in [-0.2, -0.15) is 0 Å². The molecule has 0 fully saturated rings. The summed E-state index contributed by atoms with van der Waals surface area (Å²) in [5.74, 6) is -1.88. The summed E-state index contributed by atoms with van der Waals surface area (Å²) in [6, 6.07) is 5.48. The molecule has 1 amide bonds. The average Bonchev–Trinajstić information content (AvgIpc) is 2.35. The number of carbonyl (C=O) groups is 2. The molecule has 0 bridgehead atoms. The molecular weight excluding hydrogens is 258 g/mol.